The number of carbonyl (C=O) groups excluding carboxylic acids is 2. The molecule has 5 N–H and O–H groups in total. The smallest absolute Gasteiger partial charge is 0.326 e. The second kappa shape index (κ2) is 7.58. The highest BCUT2D eigenvalue weighted by molar-refractivity contribution is 6.30. The van der Waals surface area contributed by atoms with E-state index in [0.717, 1.165) is 6.20 Å². The predicted molar refractivity (Wildman–Crippen MR) is 88.0 cm³/mol. The molecule has 25 heavy (non-hydrogen) atoms. The van der Waals surface area contributed by atoms with Crippen LogP contribution in [0.5, 0.6) is 0 Å². The van der Waals surface area contributed by atoms with Gasteiger partial charge in [0.1, 0.15) is 17.4 Å². The SMILES string of the molecule is NC(=O)CC(NC(=O)c1cnc(-c2ccc(Cl)cc2)[nH]c1=O)C(=O)O. The molecular formula is C15H13ClN4O5. The number of benzene rings is 1. The van der Waals surface area contributed by atoms with E-state index in [1.165, 1.54) is 0 Å². The lowest BCUT2D eigenvalue weighted by atomic mass is 10.1. The zero-order valence-electron chi connectivity index (χ0n) is 12.7. The van der Waals surface area contributed by atoms with Gasteiger partial charge >= 0.3 is 5.97 Å². The number of H-pyrrole nitrogens is 1. The number of carbonyl (C=O) groups is 3. The Hall–Kier alpha value is -3.20. The van der Waals surface area contributed by atoms with E-state index in [4.69, 9.17) is 22.4 Å². The van der Waals surface area contributed by atoms with Crippen LogP contribution in [-0.2, 0) is 9.59 Å². The van der Waals surface area contributed by atoms with Crippen molar-refractivity contribution in [3.05, 3.63) is 51.4 Å². The van der Waals surface area contributed by atoms with E-state index in [2.05, 4.69) is 15.3 Å². The van der Waals surface area contributed by atoms with E-state index in [0.29, 0.717) is 10.6 Å². The number of nitrogens with one attached hydrogen (secondary N) is 2. The zero-order chi connectivity index (χ0) is 18.6. The molecule has 0 radical (unpaired) electrons. The molecule has 0 aliphatic carbocycles. The third kappa shape index (κ3) is 4.64. The summed E-state index contributed by atoms with van der Waals surface area (Å²) in [5, 5.41) is 11.5. The molecule has 0 spiro atoms. The van der Waals surface area contributed by atoms with Crippen LogP contribution in [0.2, 0.25) is 5.02 Å². The summed E-state index contributed by atoms with van der Waals surface area (Å²) < 4.78 is 0. The Balaban J connectivity index is 2.23. The van der Waals surface area contributed by atoms with E-state index >= 15 is 0 Å². The van der Waals surface area contributed by atoms with Crippen LogP contribution in [0, 0.1) is 0 Å². The van der Waals surface area contributed by atoms with E-state index in [9.17, 15) is 19.2 Å². The number of hydrogen-bond acceptors (Lipinski definition) is 5. The van der Waals surface area contributed by atoms with Gasteiger partial charge in [-0.25, -0.2) is 9.78 Å². The topological polar surface area (TPSA) is 155 Å². The Labute approximate surface area is 145 Å². The molecule has 0 aliphatic rings. The standard InChI is InChI=1S/C15H13ClN4O5/c16-8-3-1-7(2-4-8)12-18-6-9(14(23)20-12)13(22)19-10(15(24)25)5-11(17)21/h1-4,6,10H,5H2,(H2,17,21)(H,19,22)(H,24,25)(H,18,20,23). The Morgan fingerprint density at radius 2 is 1.92 bits per heavy atom. The van der Waals surface area contributed by atoms with Crippen molar-refractivity contribution in [3.63, 3.8) is 0 Å². The average Bonchev–Trinajstić information content (AvgIpc) is 2.54. The summed E-state index contributed by atoms with van der Waals surface area (Å²) in [5.41, 5.74) is 4.34. The van der Waals surface area contributed by atoms with Crippen molar-refractivity contribution >= 4 is 29.4 Å². The van der Waals surface area contributed by atoms with Crippen LogP contribution in [0.3, 0.4) is 0 Å². The summed E-state index contributed by atoms with van der Waals surface area (Å²) in [6, 6.07) is 4.94. The maximum absolute atomic E-state index is 12.1. The summed E-state index contributed by atoms with van der Waals surface area (Å²) in [7, 11) is 0. The van der Waals surface area contributed by atoms with Crippen LogP contribution < -0.4 is 16.6 Å². The Kier molecular flexibility index (Phi) is 5.50. The van der Waals surface area contributed by atoms with Gasteiger partial charge in [-0.2, -0.15) is 0 Å². The molecule has 0 saturated heterocycles. The lowest BCUT2D eigenvalue weighted by Gasteiger charge is -2.12. The number of hydrogen-bond donors (Lipinski definition) is 4. The third-order valence-corrected chi connectivity index (χ3v) is 3.42. The molecule has 2 aromatic rings. The molecule has 0 aliphatic heterocycles. The molecule has 130 valence electrons. The molecule has 1 aromatic carbocycles. The molecular weight excluding hydrogens is 352 g/mol. The monoisotopic (exact) mass is 364 g/mol. The van der Waals surface area contributed by atoms with Gasteiger partial charge < -0.3 is 21.1 Å². The summed E-state index contributed by atoms with van der Waals surface area (Å²) in [6.07, 6.45) is 0.413. The summed E-state index contributed by atoms with van der Waals surface area (Å²) in [5.74, 6) is -3.12. The van der Waals surface area contributed by atoms with Crippen LogP contribution in [0.1, 0.15) is 16.8 Å². The lowest BCUT2D eigenvalue weighted by Crippen LogP contribution is -2.44. The number of amides is 2. The summed E-state index contributed by atoms with van der Waals surface area (Å²) in [6.45, 7) is 0. The molecule has 1 atom stereocenters. The molecule has 2 rings (SSSR count). The Bertz CT molecular complexity index is 878. The minimum Gasteiger partial charge on any atom is -0.480 e. The molecule has 9 nitrogen and oxygen atoms in total. The fourth-order valence-electron chi connectivity index (χ4n) is 1.95. The second-order valence-electron chi connectivity index (χ2n) is 5.02. The first-order chi connectivity index (χ1) is 11.8. The van der Waals surface area contributed by atoms with E-state index in [1.54, 1.807) is 24.3 Å². The predicted octanol–water partition coefficient (Wildman–Crippen LogP) is 0.149. The van der Waals surface area contributed by atoms with Gasteiger partial charge in [-0.15, -0.1) is 0 Å². The van der Waals surface area contributed by atoms with Gasteiger partial charge in [0, 0.05) is 16.8 Å². The molecule has 0 bridgehead atoms. The first-order valence-electron chi connectivity index (χ1n) is 6.95. The van der Waals surface area contributed by atoms with Crippen molar-refractivity contribution in [3.8, 4) is 11.4 Å². The van der Waals surface area contributed by atoms with Crippen LogP contribution in [0.25, 0.3) is 11.4 Å². The van der Waals surface area contributed by atoms with Gasteiger partial charge in [0.05, 0.1) is 6.42 Å². The van der Waals surface area contributed by atoms with Crippen molar-refractivity contribution in [2.24, 2.45) is 5.73 Å². The van der Waals surface area contributed by atoms with Gasteiger partial charge in [-0.05, 0) is 24.3 Å². The lowest BCUT2D eigenvalue weighted by molar-refractivity contribution is -0.140. The number of nitrogens with two attached hydrogens (primary N) is 1. The van der Waals surface area contributed by atoms with Gasteiger partial charge in [0.15, 0.2) is 0 Å². The molecule has 1 aromatic heterocycles. The number of halogens is 1. The molecule has 0 fully saturated rings. The number of nitrogens with zero attached hydrogens (tertiary/aromatic N) is 1. The molecule has 0 saturated carbocycles. The van der Waals surface area contributed by atoms with Crippen molar-refractivity contribution in [1.82, 2.24) is 15.3 Å². The number of aromatic amines is 1. The quantitative estimate of drug-likeness (QED) is 0.571. The van der Waals surface area contributed by atoms with Crippen LogP contribution in [0.15, 0.2) is 35.3 Å². The number of aliphatic carboxylic acids is 1. The minimum atomic E-state index is -1.54. The van der Waals surface area contributed by atoms with Crippen molar-refractivity contribution in [1.29, 1.82) is 0 Å². The Morgan fingerprint density at radius 1 is 1.28 bits per heavy atom. The van der Waals surface area contributed by atoms with Gasteiger partial charge in [0.2, 0.25) is 5.91 Å². The second-order valence-corrected chi connectivity index (χ2v) is 5.45. The maximum Gasteiger partial charge on any atom is 0.326 e. The largest absolute Gasteiger partial charge is 0.480 e. The van der Waals surface area contributed by atoms with Crippen LogP contribution >= 0.6 is 11.6 Å². The van der Waals surface area contributed by atoms with Gasteiger partial charge in [0.25, 0.3) is 11.5 Å². The summed E-state index contributed by atoms with van der Waals surface area (Å²) in [4.78, 5) is 52.4. The minimum absolute atomic E-state index is 0.213. The normalized spacial score (nSPS) is 11.6. The molecule has 1 heterocycles. The molecule has 2 amide bonds. The van der Waals surface area contributed by atoms with Gasteiger partial charge in [-0.1, -0.05) is 11.6 Å². The average molecular weight is 365 g/mol. The Morgan fingerprint density at radius 3 is 2.44 bits per heavy atom. The summed E-state index contributed by atoms with van der Waals surface area (Å²) >= 11 is 5.78. The first-order valence-corrected chi connectivity index (χ1v) is 7.33. The van der Waals surface area contributed by atoms with E-state index in [-0.39, 0.29) is 5.82 Å². The number of carboxylic acids is 1. The zero-order valence-corrected chi connectivity index (χ0v) is 13.4. The molecule has 1 unspecified atom stereocenters. The fraction of sp³-hybridized carbons (Fsp3) is 0.133. The molecule has 10 heteroatoms. The first kappa shape index (κ1) is 18.1. The maximum atomic E-state index is 12.1. The van der Waals surface area contributed by atoms with Crippen molar-refractivity contribution < 1.29 is 19.5 Å². The number of rotatable bonds is 6. The third-order valence-electron chi connectivity index (χ3n) is 3.17. The number of aromatic nitrogens is 2. The van der Waals surface area contributed by atoms with E-state index in [1.807, 2.05) is 0 Å². The van der Waals surface area contributed by atoms with Crippen molar-refractivity contribution in [2.45, 2.75) is 12.5 Å². The fourth-order valence-corrected chi connectivity index (χ4v) is 2.07. The number of primary amides is 1. The van der Waals surface area contributed by atoms with Gasteiger partial charge in [-0.3, -0.25) is 14.4 Å². The van der Waals surface area contributed by atoms with Crippen LogP contribution in [0.4, 0.5) is 0 Å². The highest BCUT2D eigenvalue weighted by atomic mass is 35.5. The van der Waals surface area contributed by atoms with Crippen molar-refractivity contribution in [2.75, 3.05) is 0 Å². The highest BCUT2D eigenvalue weighted by Gasteiger charge is 2.24. The van der Waals surface area contributed by atoms with Crippen LogP contribution in [-0.4, -0.2) is 38.9 Å². The highest BCUT2D eigenvalue weighted by Crippen LogP contribution is 2.16. The number of carboxylic acid groups (broad SMARTS) is 1. The van der Waals surface area contributed by atoms with E-state index < -0.39 is 41.4 Å².